The van der Waals surface area contributed by atoms with Gasteiger partial charge in [-0.1, -0.05) is 48.5 Å². The number of nitrogens with two attached hydrogens (primary N) is 2. The van der Waals surface area contributed by atoms with Crippen LogP contribution in [0.15, 0.2) is 97.1 Å². The van der Waals surface area contributed by atoms with Crippen LogP contribution in [0, 0.1) is 0 Å². The summed E-state index contributed by atoms with van der Waals surface area (Å²) >= 11 is 0. The Kier molecular flexibility index (Phi) is 11.2. The number of carbonyl (C=O) groups is 3. The predicted molar refractivity (Wildman–Crippen MR) is 190 cm³/mol. The van der Waals surface area contributed by atoms with E-state index in [1.54, 1.807) is 31.2 Å². The molecule has 2 saturated heterocycles. The van der Waals surface area contributed by atoms with Crippen molar-refractivity contribution in [3.8, 4) is 0 Å². The molecule has 6 rings (SSSR count). The molecule has 7 N–H and O–H groups in total. The zero-order chi connectivity index (χ0) is 33.2. The number of piperidine rings is 2. The van der Waals surface area contributed by atoms with Crippen molar-refractivity contribution in [3.63, 3.8) is 0 Å². The smallest absolute Gasteiger partial charge is 0.255 e. The molecule has 0 radical (unpaired) electrons. The quantitative estimate of drug-likeness (QED) is 0.159. The Balaban J connectivity index is 0.000000186. The molecule has 244 valence electrons. The Bertz CT molecular complexity index is 1660. The lowest BCUT2D eigenvalue weighted by Gasteiger charge is -2.31. The highest BCUT2D eigenvalue weighted by atomic mass is 16.2. The van der Waals surface area contributed by atoms with Crippen LogP contribution in [0.3, 0.4) is 0 Å². The molecular formula is C38H44N6O3. The fourth-order valence-corrected chi connectivity index (χ4v) is 6.11. The van der Waals surface area contributed by atoms with Crippen LogP contribution in [0.2, 0.25) is 0 Å². The van der Waals surface area contributed by atoms with Crippen molar-refractivity contribution in [1.29, 1.82) is 0 Å². The van der Waals surface area contributed by atoms with Crippen LogP contribution in [0.25, 0.3) is 0 Å². The molecule has 3 amide bonds. The summed E-state index contributed by atoms with van der Waals surface area (Å²) in [7, 11) is 0. The van der Waals surface area contributed by atoms with Crippen molar-refractivity contribution in [1.82, 2.24) is 10.2 Å². The summed E-state index contributed by atoms with van der Waals surface area (Å²) < 4.78 is 0. The Morgan fingerprint density at radius 1 is 0.617 bits per heavy atom. The Morgan fingerprint density at radius 2 is 1.02 bits per heavy atom. The second-order valence-corrected chi connectivity index (χ2v) is 12.1. The lowest BCUT2D eigenvalue weighted by Crippen LogP contribution is -2.36. The van der Waals surface area contributed by atoms with Crippen LogP contribution < -0.4 is 27.4 Å². The number of amides is 3. The van der Waals surface area contributed by atoms with Crippen molar-refractivity contribution in [2.75, 3.05) is 48.3 Å². The van der Waals surface area contributed by atoms with E-state index < -0.39 is 0 Å². The molecule has 4 aromatic carbocycles. The Morgan fingerprint density at radius 3 is 1.43 bits per heavy atom. The summed E-state index contributed by atoms with van der Waals surface area (Å²) in [5, 5.41) is 9.06. The summed E-state index contributed by atoms with van der Waals surface area (Å²) in [4.78, 5) is 37.9. The first kappa shape index (κ1) is 33.2. The monoisotopic (exact) mass is 632 g/mol. The van der Waals surface area contributed by atoms with Gasteiger partial charge in [0.05, 0.1) is 22.7 Å². The SMILES string of the molecule is CC(=O)N1CCC(c2ccc(C(=O)Nc3ccccc3N)cc2)CC1.Nc1ccccc1NC(=O)c1ccc(C2CCNCC2)cc1. The number of hydrogen-bond donors (Lipinski definition) is 5. The lowest BCUT2D eigenvalue weighted by molar-refractivity contribution is -0.129. The second kappa shape index (κ2) is 15.9. The van der Waals surface area contributed by atoms with E-state index in [4.69, 9.17) is 11.5 Å². The van der Waals surface area contributed by atoms with E-state index in [1.165, 1.54) is 11.1 Å². The number of nitrogens with one attached hydrogen (secondary N) is 3. The average Bonchev–Trinajstić information content (AvgIpc) is 3.11. The normalized spacial score (nSPS) is 15.2. The number of benzene rings is 4. The van der Waals surface area contributed by atoms with Crippen LogP contribution in [0.4, 0.5) is 22.7 Å². The van der Waals surface area contributed by atoms with Crippen LogP contribution in [-0.2, 0) is 4.79 Å². The van der Waals surface area contributed by atoms with Gasteiger partial charge in [-0.2, -0.15) is 0 Å². The molecule has 0 aromatic heterocycles. The Labute approximate surface area is 276 Å². The van der Waals surface area contributed by atoms with Gasteiger partial charge in [0, 0.05) is 31.1 Å². The molecule has 0 atom stereocenters. The molecule has 2 aliphatic heterocycles. The maximum Gasteiger partial charge on any atom is 0.255 e. The molecule has 47 heavy (non-hydrogen) atoms. The molecule has 9 heteroatoms. The minimum atomic E-state index is -0.171. The fourth-order valence-electron chi connectivity index (χ4n) is 6.11. The van der Waals surface area contributed by atoms with Gasteiger partial charge in [-0.3, -0.25) is 14.4 Å². The van der Waals surface area contributed by atoms with Crippen molar-refractivity contribution >= 4 is 40.5 Å². The lowest BCUT2D eigenvalue weighted by atomic mass is 9.89. The highest BCUT2D eigenvalue weighted by molar-refractivity contribution is 6.06. The predicted octanol–water partition coefficient (Wildman–Crippen LogP) is 6.24. The van der Waals surface area contributed by atoms with Crippen LogP contribution >= 0.6 is 0 Å². The molecule has 2 heterocycles. The van der Waals surface area contributed by atoms with Gasteiger partial charge >= 0.3 is 0 Å². The number of hydrogen-bond acceptors (Lipinski definition) is 6. The molecule has 0 saturated carbocycles. The maximum atomic E-state index is 12.4. The minimum Gasteiger partial charge on any atom is -0.397 e. The maximum absolute atomic E-state index is 12.4. The van der Waals surface area contributed by atoms with E-state index in [9.17, 15) is 14.4 Å². The van der Waals surface area contributed by atoms with E-state index in [1.807, 2.05) is 65.6 Å². The van der Waals surface area contributed by atoms with E-state index in [0.717, 1.165) is 51.9 Å². The molecule has 2 fully saturated rings. The number of nitrogen functional groups attached to an aromatic ring is 2. The number of para-hydroxylation sites is 4. The first-order valence-electron chi connectivity index (χ1n) is 16.3. The van der Waals surface area contributed by atoms with E-state index in [2.05, 4.69) is 28.1 Å². The van der Waals surface area contributed by atoms with Gasteiger partial charge < -0.3 is 32.3 Å². The van der Waals surface area contributed by atoms with E-state index in [-0.39, 0.29) is 17.7 Å². The van der Waals surface area contributed by atoms with E-state index >= 15 is 0 Å². The second-order valence-electron chi connectivity index (χ2n) is 12.1. The fraction of sp³-hybridized carbons (Fsp3) is 0.289. The van der Waals surface area contributed by atoms with Crippen molar-refractivity contribution in [3.05, 3.63) is 119 Å². The average molecular weight is 633 g/mol. The van der Waals surface area contributed by atoms with Crippen LogP contribution in [0.5, 0.6) is 0 Å². The number of rotatable bonds is 6. The molecule has 9 nitrogen and oxygen atoms in total. The topological polar surface area (TPSA) is 143 Å². The third-order valence-electron chi connectivity index (χ3n) is 8.99. The summed E-state index contributed by atoms with van der Waals surface area (Å²) in [6.07, 6.45) is 4.25. The summed E-state index contributed by atoms with van der Waals surface area (Å²) in [5.41, 5.74) is 17.9. The largest absolute Gasteiger partial charge is 0.397 e. The van der Waals surface area contributed by atoms with Crippen LogP contribution in [0.1, 0.15) is 76.3 Å². The van der Waals surface area contributed by atoms with Crippen LogP contribution in [-0.4, -0.2) is 48.8 Å². The first-order chi connectivity index (χ1) is 22.8. The third-order valence-corrected chi connectivity index (χ3v) is 8.99. The highest BCUT2D eigenvalue weighted by Crippen LogP contribution is 2.29. The molecule has 0 bridgehead atoms. The molecular weight excluding hydrogens is 588 g/mol. The molecule has 2 aliphatic rings. The standard InChI is InChI=1S/C20H23N3O2.C18H21N3O/c1-14(24)23-12-10-16(11-13-23)15-6-8-17(9-7-15)20(25)22-19-5-3-2-4-18(19)21;19-16-3-1-2-4-17(16)21-18(22)15-7-5-13(6-8-15)14-9-11-20-12-10-14/h2-9,16H,10-13,21H2,1H3,(H,22,25);1-8,14,20H,9-12,19H2,(H,21,22). The number of nitrogens with zero attached hydrogens (tertiary/aromatic N) is 1. The third kappa shape index (κ3) is 8.98. The van der Waals surface area contributed by atoms with E-state index in [0.29, 0.717) is 45.7 Å². The van der Waals surface area contributed by atoms with Gasteiger partial charge in [0.25, 0.3) is 11.8 Å². The minimum absolute atomic E-state index is 0.130. The molecule has 4 aromatic rings. The zero-order valence-electron chi connectivity index (χ0n) is 26.9. The summed E-state index contributed by atoms with van der Waals surface area (Å²) in [5.74, 6) is 0.886. The molecule has 0 spiro atoms. The zero-order valence-corrected chi connectivity index (χ0v) is 26.9. The highest BCUT2D eigenvalue weighted by Gasteiger charge is 2.22. The van der Waals surface area contributed by atoms with Gasteiger partial charge in [0.15, 0.2) is 0 Å². The molecule has 0 unspecified atom stereocenters. The van der Waals surface area contributed by atoms with Gasteiger partial charge in [0.1, 0.15) is 0 Å². The Hall–Kier alpha value is -5.15. The van der Waals surface area contributed by atoms with Gasteiger partial charge in [-0.15, -0.1) is 0 Å². The molecule has 0 aliphatic carbocycles. The number of anilines is 4. The van der Waals surface area contributed by atoms with Gasteiger partial charge in [-0.05, 0) is 110 Å². The summed E-state index contributed by atoms with van der Waals surface area (Å²) in [6.45, 7) is 5.36. The number of likely N-dealkylation sites (tertiary alicyclic amines) is 1. The van der Waals surface area contributed by atoms with Crippen molar-refractivity contribution in [2.24, 2.45) is 0 Å². The van der Waals surface area contributed by atoms with Crippen molar-refractivity contribution in [2.45, 2.75) is 44.4 Å². The van der Waals surface area contributed by atoms with Crippen molar-refractivity contribution < 1.29 is 14.4 Å². The summed E-state index contributed by atoms with van der Waals surface area (Å²) in [6, 6.07) is 30.1. The van der Waals surface area contributed by atoms with Gasteiger partial charge in [0.2, 0.25) is 5.91 Å². The first-order valence-corrected chi connectivity index (χ1v) is 16.3. The van der Waals surface area contributed by atoms with Gasteiger partial charge in [-0.25, -0.2) is 0 Å². The number of carbonyl (C=O) groups excluding carboxylic acids is 3.